The van der Waals surface area contributed by atoms with Crippen LogP contribution in [0.5, 0.6) is 0 Å². The molecule has 1 aliphatic carbocycles. The molecule has 0 bridgehead atoms. The molecule has 1 nitrogen and oxygen atoms in total. The molecule has 0 fully saturated rings. The van der Waals surface area contributed by atoms with Gasteiger partial charge in [0.05, 0.1) is 0 Å². The molecule has 0 aliphatic heterocycles. The summed E-state index contributed by atoms with van der Waals surface area (Å²) >= 11 is 0. The highest BCUT2D eigenvalue weighted by molar-refractivity contribution is 5.85. The third-order valence-electron chi connectivity index (χ3n) is 4.14. The van der Waals surface area contributed by atoms with Crippen LogP contribution in [0.1, 0.15) is 50.8 Å². The van der Waals surface area contributed by atoms with E-state index >= 15 is 0 Å². The lowest BCUT2D eigenvalue weighted by Crippen LogP contribution is -2.22. The average Bonchev–Trinajstić information content (AvgIpc) is 2.65. The largest absolute Gasteiger partial charge is 0.358 e. The van der Waals surface area contributed by atoms with Gasteiger partial charge in [0.1, 0.15) is 0 Å². The quantitative estimate of drug-likeness (QED) is 0.675. The standard InChI is InChI=1S/C16H21N/c1-16(2,3)12-8-6-10-14-15(12)11-7-4-5-9-13(11)17-14/h4-5,7,9,12,17H,6,8,10H2,1-3H3. The van der Waals surface area contributed by atoms with Crippen molar-refractivity contribution in [3.05, 3.63) is 35.5 Å². The second kappa shape index (κ2) is 3.63. The molecule has 0 radical (unpaired) electrons. The minimum absolute atomic E-state index is 0.361. The highest BCUT2D eigenvalue weighted by Gasteiger charge is 2.32. The van der Waals surface area contributed by atoms with Gasteiger partial charge in [-0.25, -0.2) is 0 Å². The monoisotopic (exact) mass is 227 g/mol. The molecule has 2 aromatic rings. The zero-order chi connectivity index (χ0) is 12.0. The van der Waals surface area contributed by atoms with Crippen molar-refractivity contribution < 1.29 is 0 Å². The molecular weight excluding hydrogens is 206 g/mol. The Morgan fingerprint density at radius 1 is 1.18 bits per heavy atom. The number of nitrogens with one attached hydrogen (secondary N) is 1. The average molecular weight is 227 g/mol. The number of hydrogen-bond acceptors (Lipinski definition) is 0. The van der Waals surface area contributed by atoms with E-state index in [0.717, 1.165) is 0 Å². The van der Waals surface area contributed by atoms with Crippen molar-refractivity contribution in [2.75, 3.05) is 0 Å². The Balaban J connectivity index is 2.24. The molecule has 0 amide bonds. The van der Waals surface area contributed by atoms with Crippen molar-refractivity contribution in [1.82, 2.24) is 4.98 Å². The Kier molecular flexibility index (Phi) is 2.32. The normalized spacial score (nSPS) is 20.5. The smallest absolute Gasteiger partial charge is 0.0459 e. The number of para-hydroxylation sites is 1. The van der Waals surface area contributed by atoms with Gasteiger partial charge in [-0.2, -0.15) is 0 Å². The van der Waals surface area contributed by atoms with E-state index in [1.54, 1.807) is 5.56 Å². The first-order chi connectivity index (χ1) is 8.07. The van der Waals surface area contributed by atoms with Gasteiger partial charge in [0.2, 0.25) is 0 Å². The van der Waals surface area contributed by atoms with Crippen LogP contribution in [0.2, 0.25) is 0 Å². The number of rotatable bonds is 0. The lowest BCUT2D eigenvalue weighted by atomic mass is 9.70. The first-order valence-corrected chi connectivity index (χ1v) is 6.67. The van der Waals surface area contributed by atoms with Crippen molar-refractivity contribution >= 4 is 10.9 Å². The van der Waals surface area contributed by atoms with Crippen LogP contribution in [0.3, 0.4) is 0 Å². The Labute approximate surface area is 103 Å². The topological polar surface area (TPSA) is 15.8 Å². The summed E-state index contributed by atoms with van der Waals surface area (Å²) in [7, 11) is 0. The van der Waals surface area contributed by atoms with Crippen LogP contribution >= 0.6 is 0 Å². The minimum Gasteiger partial charge on any atom is -0.358 e. The van der Waals surface area contributed by atoms with E-state index in [9.17, 15) is 0 Å². The summed E-state index contributed by atoms with van der Waals surface area (Å²) in [5.41, 5.74) is 4.76. The van der Waals surface area contributed by atoms with Crippen molar-refractivity contribution in [2.24, 2.45) is 5.41 Å². The van der Waals surface area contributed by atoms with E-state index in [-0.39, 0.29) is 0 Å². The van der Waals surface area contributed by atoms with E-state index in [4.69, 9.17) is 0 Å². The third-order valence-corrected chi connectivity index (χ3v) is 4.14. The van der Waals surface area contributed by atoms with Gasteiger partial charge in [-0.1, -0.05) is 39.0 Å². The Morgan fingerprint density at radius 3 is 2.71 bits per heavy atom. The number of aromatic amines is 1. The van der Waals surface area contributed by atoms with Crippen LogP contribution in [-0.4, -0.2) is 4.98 Å². The van der Waals surface area contributed by atoms with E-state index in [0.29, 0.717) is 11.3 Å². The maximum absolute atomic E-state index is 3.62. The van der Waals surface area contributed by atoms with E-state index in [1.807, 2.05) is 0 Å². The van der Waals surface area contributed by atoms with Crippen LogP contribution < -0.4 is 0 Å². The number of H-pyrrole nitrogens is 1. The lowest BCUT2D eigenvalue weighted by Gasteiger charge is -2.34. The van der Waals surface area contributed by atoms with Crippen LogP contribution in [0.4, 0.5) is 0 Å². The van der Waals surface area contributed by atoms with Gasteiger partial charge in [-0.3, -0.25) is 0 Å². The van der Waals surface area contributed by atoms with Gasteiger partial charge in [-0.05, 0) is 42.2 Å². The summed E-state index contributed by atoms with van der Waals surface area (Å²) in [4.78, 5) is 3.62. The summed E-state index contributed by atoms with van der Waals surface area (Å²) in [5.74, 6) is 0.697. The molecule has 1 heteroatoms. The number of aromatic nitrogens is 1. The Morgan fingerprint density at radius 2 is 1.94 bits per heavy atom. The summed E-state index contributed by atoms with van der Waals surface area (Å²) in [5, 5.41) is 1.45. The van der Waals surface area contributed by atoms with Crippen LogP contribution in [-0.2, 0) is 6.42 Å². The van der Waals surface area contributed by atoms with Crippen molar-refractivity contribution in [3.8, 4) is 0 Å². The summed E-state index contributed by atoms with van der Waals surface area (Å²) in [6.07, 6.45) is 3.87. The highest BCUT2D eigenvalue weighted by Crippen LogP contribution is 2.46. The van der Waals surface area contributed by atoms with Gasteiger partial charge in [0, 0.05) is 16.6 Å². The molecule has 17 heavy (non-hydrogen) atoms. The number of benzene rings is 1. The fourth-order valence-corrected chi connectivity index (χ4v) is 3.31. The van der Waals surface area contributed by atoms with Crippen molar-refractivity contribution in [2.45, 2.75) is 46.0 Å². The summed E-state index contributed by atoms with van der Waals surface area (Å²) in [6, 6.07) is 8.75. The molecule has 0 spiro atoms. The Hall–Kier alpha value is -1.24. The van der Waals surface area contributed by atoms with Gasteiger partial charge < -0.3 is 4.98 Å². The summed E-state index contributed by atoms with van der Waals surface area (Å²) < 4.78 is 0. The molecular formula is C16H21N. The van der Waals surface area contributed by atoms with E-state index in [1.165, 1.54) is 35.9 Å². The van der Waals surface area contributed by atoms with E-state index < -0.39 is 0 Å². The molecule has 1 unspecified atom stereocenters. The first-order valence-electron chi connectivity index (χ1n) is 6.67. The molecule has 1 atom stereocenters. The predicted octanol–water partition coefficient (Wildman–Crippen LogP) is 4.63. The fraction of sp³-hybridized carbons (Fsp3) is 0.500. The lowest BCUT2D eigenvalue weighted by molar-refractivity contribution is 0.291. The Bertz CT molecular complexity index is 542. The van der Waals surface area contributed by atoms with Crippen LogP contribution in [0.25, 0.3) is 10.9 Å². The SMILES string of the molecule is CC(C)(C)C1CCCc2[nH]c3ccccc3c21. The van der Waals surface area contributed by atoms with Gasteiger partial charge >= 0.3 is 0 Å². The molecule has 0 saturated heterocycles. The highest BCUT2D eigenvalue weighted by atomic mass is 14.7. The second-order valence-electron chi connectivity index (χ2n) is 6.37. The molecule has 3 rings (SSSR count). The molecule has 1 heterocycles. The second-order valence-corrected chi connectivity index (χ2v) is 6.37. The maximum Gasteiger partial charge on any atom is 0.0459 e. The number of fused-ring (bicyclic) bond motifs is 3. The molecule has 0 saturated carbocycles. The number of hydrogen-bond donors (Lipinski definition) is 1. The molecule has 90 valence electrons. The van der Waals surface area contributed by atoms with Crippen LogP contribution in [0, 0.1) is 5.41 Å². The zero-order valence-corrected chi connectivity index (χ0v) is 11.0. The van der Waals surface area contributed by atoms with Crippen molar-refractivity contribution in [1.29, 1.82) is 0 Å². The van der Waals surface area contributed by atoms with Crippen LogP contribution in [0.15, 0.2) is 24.3 Å². The predicted molar refractivity (Wildman–Crippen MR) is 73.4 cm³/mol. The van der Waals surface area contributed by atoms with Gasteiger partial charge in [0.25, 0.3) is 0 Å². The fourth-order valence-electron chi connectivity index (χ4n) is 3.31. The summed E-state index contributed by atoms with van der Waals surface area (Å²) in [6.45, 7) is 7.11. The number of aryl methyl sites for hydroxylation is 1. The molecule has 1 aromatic carbocycles. The maximum atomic E-state index is 3.62. The zero-order valence-electron chi connectivity index (χ0n) is 11.0. The molecule has 1 aromatic heterocycles. The van der Waals surface area contributed by atoms with Gasteiger partial charge in [-0.15, -0.1) is 0 Å². The molecule has 1 N–H and O–H groups in total. The van der Waals surface area contributed by atoms with E-state index in [2.05, 4.69) is 50.0 Å². The van der Waals surface area contributed by atoms with Crippen molar-refractivity contribution in [3.63, 3.8) is 0 Å². The van der Waals surface area contributed by atoms with Gasteiger partial charge in [0.15, 0.2) is 0 Å². The third kappa shape index (κ3) is 1.69. The molecule has 1 aliphatic rings. The minimum atomic E-state index is 0.361. The first kappa shape index (κ1) is 10.9.